The van der Waals surface area contributed by atoms with Crippen molar-refractivity contribution < 1.29 is 17.2 Å². The Balaban J connectivity index is 3.56. The molecule has 0 radical (unpaired) electrons. The number of anilines is 1. The fraction of sp³-hybridized carbons (Fsp3) is 0.167. The van der Waals surface area contributed by atoms with E-state index in [1.807, 2.05) is 0 Å². The molecule has 0 fully saturated rings. The number of pyridine rings is 1. The van der Waals surface area contributed by atoms with Gasteiger partial charge in [0.25, 0.3) is 15.5 Å². The molecule has 2 N–H and O–H groups in total. The van der Waals surface area contributed by atoms with Gasteiger partial charge in [-0.3, -0.25) is 0 Å². The maximum Gasteiger partial charge on any atom is 0.280 e. The molecule has 0 aliphatic rings. The van der Waals surface area contributed by atoms with E-state index in [0.717, 1.165) is 6.20 Å². The number of halogens is 4. The van der Waals surface area contributed by atoms with Crippen LogP contribution in [0.2, 0.25) is 5.02 Å². The molecule has 0 bridgehead atoms. The number of nitrogens with zero attached hydrogens (tertiary/aromatic N) is 1. The van der Waals surface area contributed by atoms with Crippen molar-refractivity contribution in [1.82, 2.24) is 4.98 Å². The third kappa shape index (κ3) is 2.47. The molecule has 0 aliphatic carbocycles. The van der Waals surface area contributed by atoms with Gasteiger partial charge in [-0.2, -0.15) is 0 Å². The normalized spacial score (nSPS) is 12.1. The highest BCUT2D eigenvalue weighted by atomic mass is 35.7. The molecule has 0 saturated carbocycles. The fourth-order valence-electron chi connectivity index (χ4n) is 0.914. The van der Waals surface area contributed by atoms with Crippen molar-refractivity contribution in [1.29, 1.82) is 0 Å². The molecule has 0 spiro atoms. The minimum absolute atomic E-state index is 0.411. The largest absolute Gasteiger partial charge is 0.396 e. The van der Waals surface area contributed by atoms with Crippen LogP contribution in [0, 0.1) is 0 Å². The van der Waals surface area contributed by atoms with Crippen LogP contribution in [0.25, 0.3) is 0 Å². The summed E-state index contributed by atoms with van der Waals surface area (Å²) in [5.41, 5.74) is 3.67. The van der Waals surface area contributed by atoms with Crippen molar-refractivity contribution in [2.45, 2.75) is 11.5 Å². The summed E-state index contributed by atoms with van der Waals surface area (Å²) in [6.07, 6.45) is -2.24. The lowest BCUT2D eigenvalue weighted by atomic mass is 10.2. The van der Waals surface area contributed by atoms with Gasteiger partial charge in [0.15, 0.2) is 5.03 Å². The van der Waals surface area contributed by atoms with Crippen LogP contribution < -0.4 is 5.73 Å². The zero-order chi connectivity index (χ0) is 11.8. The van der Waals surface area contributed by atoms with E-state index in [1.54, 1.807) is 0 Å². The second-order valence-corrected chi connectivity index (χ2v) is 5.37. The van der Waals surface area contributed by atoms with Gasteiger partial charge >= 0.3 is 0 Å². The summed E-state index contributed by atoms with van der Waals surface area (Å²) in [5.74, 6) is 0. The summed E-state index contributed by atoms with van der Waals surface area (Å²) >= 11 is 5.39. The first-order valence-electron chi connectivity index (χ1n) is 3.42. The van der Waals surface area contributed by atoms with Crippen LogP contribution in [-0.2, 0) is 9.05 Å². The third-order valence-corrected chi connectivity index (χ3v) is 3.05. The predicted octanol–water partition coefficient (Wildman–Crippen LogP) is 2.18. The molecular formula is C6H4Cl2F2N2O2S. The summed E-state index contributed by atoms with van der Waals surface area (Å²) in [6.45, 7) is 0. The van der Waals surface area contributed by atoms with E-state index in [1.165, 1.54) is 0 Å². The average Bonchev–Trinajstić information content (AvgIpc) is 2.00. The summed E-state index contributed by atoms with van der Waals surface area (Å²) in [7, 11) is 0.672. The van der Waals surface area contributed by atoms with Crippen LogP contribution in [0.3, 0.4) is 0 Å². The van der Waals surface area contributed by atoms with Crippen molar-refractivity contribution in [3.8, 4) is 0 Å². The van der Waals surface area contributed by atoms with Crippen molar-refractivity contribution in [3.63, 3.8) is 0 Å². The summed E-state index contributed by atoms with van der Waals surface area (Å²) in [5, 5.41) is -1.23. The summed E-state index contributed by atoms with van der Waals surface area (Å²) < 4.78 is 46.6. The van der Waals surface area contributed by atoms with Crippen molar-refractivity contribution in [2.24, 2.45) is 0 Å². The minimum atomic E-state index is -4.26. The molecular weight excluding hydrogens is 273 g/mol. The molecule has 9 heteroatoms. The van der Waals surface area contributed by atoms with Crippen LogP contribution in [-0.4, -0.2) is 13.4 Å². The Labute approximate surface area is 93.4 Å². The molecule has 15 heavy (non-hydrogen) atoms. The smallest absolute Gasteiger partial charge is 0.280 e. The quantitative estimate of drug-likeness (QED) is 0.841. The Kier molecular flexibility index (Phi) is 3.37. The molecule has 4 nitrogen and oxygen atoms in total. The predicted molar refractivity (Wildman–Crippen MR) is 51.7 cm³/mol. The first kappa shape index (κ1) is 12.4. The van der Waals surface area contributed by atoms with E-state index >= 15 is 0 Å². The van der Waals surface area contributed by atoms with E-state index in [4.69, 9.17) is 28.0 Å². The Morgan fingerprint density at radius 3 is 2.40 bits per heavy atom. The lowest BCUT2D eigenvalue weighted by molar-refractivity contribution is 0.152. The minimum Gasteiger partial charge on any atom is -0.396 e. The molecule has 0 amide bonds. The molecule has 1 aromatic rings. The lowest BCUT2D eigenvalue weighted by Crippen LogP contribution is -2.06. The molecule has 84 valence electrons. The standard InChI is InChI=1S/C6H4Cl2F2N2O2S/c7-2-1-12-6(15(8,13)14)4(11)3(2)5(9)10/h1,5H,11H2. The monoisotopic (exact) mass is 276 g/mol. The topological polar surface area (TPSA) is 73.1 Å². The maximum absolute atomic E-state index is 12.4. The van der Waals surface area contributed by atoms with Crippen LogP contribution >= 0.6 is 22.3 Å². The lowest BCUT2D eigenvalue weighted by Gasteiger charge is -2.08. The highest BCUT2D eigenvalue weighted by Gasteiger charge is 2.25. The van der Waals surface area contributed by atoms with Gasteiger partial charge in [0, 0.05) is 16.9 Å². The molecule has 1 aromatic heterocycles. The van der Waals surface area contributed by atoms with Crippen molar-refractivity contribution in [2.75, 3.05) is 5.73 Å². The Hall–Kier alpha value is -0.660. The van der Waals surface area contributed by atoms with Crippen molar-refractivity contribution in [3.05, 3.63) is 16.8 Å². The van der Waals surface area contributed by atoms with Crippen LogP contribution in [0.5, 0.6) is 0 Å². The van der Waals surface area contributed by atoms with E-state index in [-0.39, 0.29) is 0 Å². The molecule has 0 atom stereocenters. The highest BCUT2D eigenvalue weighted by Crippen LogP contribution is 2.35. The Morgan fingerprint density at radius 1 is 1.47 bits per heavy atom. The zero-order valence-corrected chi connectivity index (χ0v) is 9.24. The molecule has 0 aromatic carbocycles. The molecule has 0 aliphatic heterocycles. The summed E-state index contributed by atoms with van der Waals surface area (Å²) in [6, 6.07) is 0. The van der Waals surface area contributed by atoms with Crippen LogP contribution in [0.1, 0.15) is 12.0 Å². The van der Waals surface area contributed by atoms with Gasteiger partial charge in [-0.15, -0.1) is 0 Å². The SMILES string of the molecule is Nc1c(S(=O)(=O)Cl)ncc(Cl)c1C(F)F. The van der Waals surface area contributed by atoms with Crippen molar-refractivity contribution >= 4 is 37.0 Å². The molecule has 1 rings (SSSR count). The van der Waals surface area contributed by atoms with Gasteiger partial charge in [0.2, 0.25) is 0 Å². The molecule has 1 heterocycles. The second-order valence-electron chi connectivity index (χ2n) is 2.48. The van der Waals surface area contributed by atoms with E-state index in [0.29, 0.717) is 0 Å². The third-order valence-electron chi connectivity index (χ3n) is 1.52. The van der Waals surface area contributed by atoms with E-state index in [9.17, 15) is 17.2 Å². The van der Waals surface area contributed by atoms with Gasteiger partial charge in [0.1, 0.15) is 0 Å². The average molecular weight is 277 g/mol. The first-order valence-corrected chi connectivity index (χ1v) is 6.10. The Bertz CT molecular complexity index is 492. The van der Waals surface area contributed by atoms with Gasteiger partial charge in [-0.25, -0.2) is 22.2 Å². The second kappa shape index (κ2) is 4.07. The zero-order valence-electron chi connectivity index (χ0n) is 6.92. The van der Waals surface area contributed by atoms with Gasteiger partial charge in [-0.05, 0) is 0 Å². The van der Waals surface area contributed by atoms with Crippen LogP contribution in [0.4, 0.5) is 14.5 Å². The first-order chi connectivity index (χ1) is 6.75. The number of hydrogen-bond donors (Lipinski definition) is 1. The van der Waals surface area contributed by atoms with E-state index < -0.39 is 36.8 Å². The summed E-state index contributed by atoms with van der Waals surface area (Å²) in [4.78, 5) is 3.28. The molecule has 0 saturated heterocycles. The number of nitrogen functional groups attached to an aromatic ring is 1. The van der Waals surface area contributed by atoms with Crippen LogP contribution in [0.15, 0.2) is 11.2 Å². The van der Waals surface area contributed by atoms with Gasteiger partial charge in [0.05, 0.1) is 16.3 Å². The van der Waals surface area contributed by atoms with E-state index in [2.05, 4.69) is 4.98 Å². The number of nitrogens with two attached hydrogens (primary N) is 1. The van der Waals surface area contributed by atoms with Gasteiger partial charge < -0.3 is 5.73 Å². The van der Waals surface area contributed by atoms with Gasteiger partial charge in [-0.1, -0.05) is 11.6 Å². The molecule has 0 unspecified atom stereocenters. The maximum atomic E-state index is 12.4. The number of alkyl halides is 2. The Morgan fingerprint density at radius 2 is 2.00 bits per heavy atom. The number of aromatic nitrogens is 1. The highest BCUT2D eigenvalue weighted by molar-refractivity contribution is 8.13. The fourth-order valence-corrected chi connectivity index (χ4v) is 2.07. The number of hydrogen-bond acceptors (Lipinski definition) is 4. The number of rotatable bonds is 2.